The number of rotatable bonds is 9. The van der Waals surface area contributed by atoms with E-state index in [2.05, 4.69) is 0 Å². The smallest absolute Gasteiger partial charge is 0.338 e. The fourth-order valence-electron chi connectivity index (χ4n) is 1.25. The third-order valence-corrected chi connectivity index (χ3v) is 2.13. The van der Waals surface area contributed by atoms with E-state index in [9.17, 15) is 9.59 Å². The first-order valence-electron chi connectivity index (χ1n) is 11.4. The van der Waals surface area contributed by atoms with E-state index < -0.39 is 49.9 Å². The largest absolute Gasteiger partial charge is 0.462 e. The molecule has 4 N–H and O–H groups in total. The molecule has 1 aromatic carbocycles. The van der Waals surface area contributed by atoms with Crippen molar-refractivity contribution in [2.75, 3.05) is 13.1 Å². The van der Waals surface area contributed by atoms with Gasteiger partial charge < -0.3 is 20.5 Å². The Balaban J connectivity index is 3.24. The molecule has 0 atom stereocenters. The Labute approximate surface area is 149 Å². The van der Waals surface area contributed by atoms with Crippen molar-refractivity contribution in [1.82, 2.24) is 5.32 Å². The molecule has 0 aliphatic rings. The lowest BCUT2D eigenvalue weighted by Gasteiger charge is -2.06. The van der Waals surface area contributed by atoms with Crippen molar-refractivity contribution < 1.29 is 32.8 Å². The number of nitrogens with one attached hydrogen (secondary N) is 2. The molecular formula is C16H23N3O4. The Bertz CT molecular complexity index is 906. The zero-order valence-corrected chi connectivity index (χ0v) is 12.2. The Morgan fingerprint density at radius 3 is 2.57 bits per heavy atom. The van der Waals surface area contributed by atoms with Gasteiger partial charge in [-0.25, -0.2) is 4.79 Å². The van der Waals surface area contributed by atoms with Crippen LogP contribution in [0.1, 0.15) is 56.5 Å². The first-order valence-corrected chi connectivity index (χ1v) is 6.38. The summed E-state index contributed by atoms with van der Waals surface area (Å²) in [6.45, 7) is -1.77. The van der Waals surface area contributed by atoms with Crippen LogP contribution in [0.25, 0.3) is 0 Å². The average Bonchev–Trinajstić information content (AvgIpc) is 2.67. The standard InChI is InChI=1S/C16H23N3O4/c1-2-22-15(21)12-7-9-13(10-8-12)23-14(20)6-4-3-5-11-19-16(17)18/h7-10H,2-6,11H2,1H3,(H4,17,18,19)/i3D2,4D2,5D2,6D2,11D2. The lowest BCUT2D eigenvalue weighted by Crippen LogP contribution is -2.30. The van der Waals surface area contributed by atoms with Crippen molar-refractivity contribution in [2.24, 2.45) is 5.73 Å². The number of carbonyl (C=O) groups is 2. The van der Waals surface area contributed by atoms with Gasteiger partial charge >= 0.3 is 11.9 Å². The number of esters is 2. The topological polar surface area (TPSA) is 115 Å². The van der Waals surface area contributed by atoms with Crippen molar-refractivity contribution >= 4 is 17.9 Å². The number of ether oxygens (including phenoxy) is 2. The summed E-state index contributed by atoms with van der Waals surface area (Å²) < 4.78 is 87.8. The molecule has 7 heteroatoms. The van der Waals surface area contributed by atoms with Gasteiger partial charge in [-0.1, -0.05) is 6.37 Å². The Morgan fingerprint density at radius 1 is 1.26 bits per heavy atom. The van der Waals surface area contributed by atoms with Crippen molar-refractivity contribution in [3.63, 3.8) is 0 Å². The number of hydrogen-bond donors (Lipinski definition) is 3. The highest BCUT2D eigenvalue weighted by Gasteiger charge is 2.08. The monoisotopic (exact) mass is 331 g/mol. The minimum absolute atomic E-state index is 0.0831. The lowest BCUT2D eigenvalue weighted by atomic mass is 10.2. The molecular weight excluding hydrogens is 298 g/mol. The maximum Gasteiger partial charge on any atom is 0.338 e. The summed E-state index contributed by atoms with van der Waals surface area (Å²) in [7, 11) is 0. The van der Waals surface area contributed by atoms with E-state index >= 15 is 0 Å². The third kappa shape index (κ3) is 7.85. The zero-order valence-electron chi connectivity index (χ0n) is 22.2. The fraction of sp³-hybridized carbons (Fsp3) is 0.438. The molecule has 0 heterocycles. The molecule has 0 aliphatic heterocycles. The molecule has 7 nitrogen and oxygen atoms in total. The van der Waals surface area contributed by atoms with Crippen LogP contribution in [0.2, 0.25) is 0 Å². The van der Waals surface area contributed by atoms with Gasteiger partial charge in [-0.15, -0.1) is 0 Å². The van der Waals surface area contributed by atoms with Gasteiger partial charge in [0.25, 0.3) is 0 Å². The zero-order chi connectivity index (χ0) is 26.0. The summed E-state index contributed by atoms with van der Waals surface area (Å²) >= 11 is 0. The summed E-state index contributed by atoms with van der Waals surface area (Å²) in [4.78, 5) is 24.1. The molecule has 0 unspecified atom stereocenters. The van der Waals surface area contributed by atoms with Crippen molar-refractivity contribution in [3.05, 3.63) is 29.8 Å². The van der Waals surface area contributed by atoms with Gasteiger partial charge in [-0.05, 0) is 43.9 Å². The second-order valence-electron chi connectivity index (χ2n) is 3.80. The Morgan fingerprint density at radius 2 is 1.96 bits per heavy atom. The second kappa shape index (κ2) is 10.2. The SMILES string of the molecule is [2H]C([2H])(NC(=N)N)C([2H])([2H])C([2H])([2H])C([2H])([2H])C([2H])([2H])C(=O)Oc1ccc(C(=O)OCC)cc1. The summed E-state index contributed by atoms with van der Waals surface area (Å²) in [6.07, 6.45) is -15.7. The molecule has 1 rings (SSSR count). The van der Waals surface area contributed by atoms with Gasteiger partial charge in [-0.2, -0.15) is 0 Å². The number of nitrogens with two attached hydrogens (primary N) is 1. The number of carbonyl (C=O) groups excluding carboxylic acids is 2. The molecule has 0 amide bonds. The minimum Gasteiger partial charge on any atom is -0.462 e. The van der Waals surface area contributed by atoms with Crippen molar-refractivity contribution in [3.8, 4) is 5.75 Å². The van der Waals surface area contributed by atoms with E-state index in [1.165, 1.54) is 17.4 Å². The Kier molecular flexibility index (Phi) is 3.70. The number of guanidine groups is 1. The highest BCUT2D eigenvalue weighted by atomic mass is 16.5. The van der Waals surface area contributed by atoms with Gasteiger partial charge in [-0.3, -0.25) is 10.2 Å². The highest BCUT2D eigenvalue weighted by Crippen LogP contribution is 2.14. The van der Waals surface area contributed by atoms with Crippen LogP contribution in [0.3, 0.4) is 0 Å². The lowest BCUT2D eigenvalue weighted by molar-refractivity contribution is -0.134. The third-order valence-electron chi connectivity index (χ3n) is 2.13. The molecule has 23 heavy (non-hydrogen) atoms. The van der Waals surface area contributed by atoms with Crippen LogP contribution in [0.5, 0.6) is 5.75 Å². The van der Waals surface area contributed by atoms with E-state index in [0.29, 0.717) is 0 Å². The predicted octanol–water partition coefficient (Wildman–Crippen LogP) is 1.81. The molecule has 0 spiro atoms. The molecule has 0 radical (unpaired) electrons. The molecule has 126 valence electrons. The second-order valence-corrected chi connectivity index (χ2v) is 3.80. The van der Waals surface area contributed by atoms with Gasteiger partial charge in [0.05, 0.1) is 12.2 Å². The van der Waals surface area contributed by atoms with Crippen LogP contribution >= 0.6 is 0 Å². The Hall–Kier alpha value is -2.57. The average molecular weight is 331 g/mol. The van der Waals surface area contributed by atoms with E-state index in [1.807, 2.05) is 0 Å². The van der Waals surface area contributed by atoms with Gasteiger partial charge in [0.15, 0.2) is 5.96 Å². The molecule has 0 saturated heterocycles. The molecule has 0 aromatic heterocycles. The van der Waals surface area contributed by atoms with E-state index in [-0.39, 0.29) is 17.9 Å². The normalized spacial score (nSPS) is 19.5. The molecule has 0 bridgehead atoms. The van der Waals surface area contributed by atoms with Crippen LogP contribution in [0.15, 0.2) is 24.3 Å². The fourth-order valence-corrected chi connectivity index (χ4v) is 1.25. The van der Waals surface area contributed by atoms with Crippen molar-refractivity contribution in [2.45, 2.75) is 32.4 Å². The predicted molar refractivity (Wildman–Crippen MR) is 86.4 cm³/mol. The van der Waals surface area contributed by atoms with Crippen LogP contribution in [-0.2, 0) is 9.53 Å². The van der Waals surface area contributed by atoms with E-state index in [0.717, 1.165) is 12.1 Å². The van der Waals surface area contributed by atoms with Crippen LogP contribution in [0.4, 0.5) is 0 Å². The van der Waals surface area contributed by atoms with Gasteiger partial charge in [0, 0.05) is 26.6 Å². The molecule has 0 saturated carbocycles. The molecule has 0 aliphatic carbocycles. The molecule has 1 aromatic rings. The van der Waals surface area contributed by atoms with Crippen molar-refractivity contribution in [1.29, 1.82) is 5.41 Å². The van der Waals surface area contributed by atoms with Crippen LogP contribution in [0, 0.1) is 5.41 Å². The van der Waals surface area contributed by atoms with Crippen LogP contribution < -0.4 is 15.8 Å². The van der Waals surface area contributed by atoms with E-state index in [4.69, 9.17) is 34.3 Å². The van der Waals surface area contributed by atoms with E-state index in [1.54, 1.807) is 6.92 Å². The maximum absolute atomic E-state index is 12.4. The van der Waals surface area contributed by atoms with Crippen LogP contribution in [-0.4, -0.2) is 31.0 Å². The molecule has 0 fully saturated rings. The highest BCUT2D eigenvalue weighted by molar-refractivity contribution is 5.89. The summed E-state index contributed by atoms with van der Waals surface area (Å²) in [5.74, 6) is -4.03. The summed E-state index contributed by atoms with van der Waals surface area (Å²) in [6, 6.07) is 4.54. The maximum atomic E-state index is 12.4. The first-order chi connectivity index (χ1) is 14.8. The quantitative estimate of drug-likeness (QED) is 0.275. The van der Waals surface area contributed by atoms with Gasteiger partial charge in [0.2, 0.25) is 0 Å². The first kappa shape index (κ1) is 8.33. The minimum atomic E-state index is -4.00. The summed E-state index contributed by atoms with van der Waals surface area (Å²) in [5.41, 5.74) is 5.05. The number of benzene rings is 1. The summed E-state index contributed by atoms with van der Waals surface area (Å²) in [5, 5.41) is 8.56. The number of hydrogen-bond acceptors (Lipinski definition) is 5. The van der Waals surface area contributed by atoms with Gasteiger partial charge in [0.1, 0.15) is 5.75 Å².